The number of hydrogen-bond acceptors (Lipinski definition) is 7. The second kappa shape index (κ2) is 9.34. The molecular weight excluding hydrogens is 432 g/mol. The number of amides is 1. The van der Waals surface area contributed by atoms with Crippen LogP contribution in [-0.4, -0.2) is 63.1 Å². The van der Waals surface area contributed by atoms with E-state index in [0.717, 1.165) is 22.4 Å². The summed E-state index contributed by atoms with van der Waals surface area (Å²) in [6.45, 7) is 8.82. The average molecular weight is 464 g/mol. The molecule has 2 unspecified atom stereocenters. The molecule has 2 aromatic rings. The fourth-order valence-electron chi connectivity index (χ4n) is 4.58. The highest BCUT2D eigenvalue weighted by molar-refractivity contribution is 5.79. The first-order chi connectivity index (χ1) is 15.6. The van der Waals surface area contributed by atoms with Crippen molar-refractivity contribution < 1.29 is 23.1 Å². The van der Waals surface area contributed by atoms with Gasteiger partial charge in [0.15, 0.2) is 0 Å². The van der Waals surface area contributed by atoms with E-state index < -0.39 is 17.9 Å². The van der Waals surface area contributed by atoms with Gasteiger partial charge < -0.3 is 19.7 Å². The summed E-state index contributed by atoms with van der Waals surface area (Å²) in [5.74, 6) is -3.22. The molecule has 2 heterocycles. The normalized spacial score (nSPS) is 21.9. The number of nitrogens with zero attached hydrogens (tertiary/aromatic N) is 4. The van der Waals surface area contributed by atoms with Gasteiger partial charge in [-0.25, -0.2) is 8.78 Å². The fraction of sp³-hybridized carbons (Fsp3) is 0.609. The number of anilines is 2. The third-order valence-corrected chi connectivity index (χ3v) is 6.53. The SMILES string of the molecule is Cc1cc(CN2CCN(C(=O)C3CCC(F)(F)C3)CC2)c(C)c(Nc2nnc(C(C)O)o2)c1. The molecule has 1 aromatic carbocycles. The summed E-state index contributed by atoms with van der Waals surface area (Å²) < 4.78 is 32.4. The minimum atomic E-state index is -2.70. The van der Waals surface area contributed by atoms with Gasteiger partial charge in [-0.05, 0) is 49.9 Å². The summed E-state index contributed by atoms with van der Waals surface area (Å²) in [6.07, 6.45) is -1.06. The second-order valence-corrected chi connectivity index (χ2v) is 9.24. The van der Waals surface area contributed by atoms with Crippen molar-refractivity contribution in [2.24, 2.45) is 5.92 Å². The van der Waals surface area contributed by atoms with E-state index in [0.29, 0.717) is 32.7 Å². The Hall–Kier alpha value is -2.59. The molecule has 2 N–H and O–H groups in total. The van der Waals surface area contributed by atoms with Gasteiger partial charge in [0.2, 0.25) is 17.7 Å². The van der Waals surface area contributed by atoms with Gasteiger partial charge in [-0.3, -0.25) is 9.69 Å². The number of aliphatic hydroxyl groups excluding tert-OH is 1. The Kier molecular flexibility index (Phi) is 6.67. The van der Waals surface area contributed by atoms with Gasteiger partial charge in [0.25, 0.3) is 0 Å². The zero-order chi connectivity index (χ0) is 23.8. The van der Waals surface area contributed by atoms with E-state index in [2.05, 4.69) is 26.5 Å². The van der Waals surface area contributed by atoms with Crippen LogP contribution < -0.4 is 5.32 Å². The largest absolute Gasteiger partial charge is 0.405 e. The zero-order valence-electron chi connectivity index (χ0n) is 19.3. The first-order valence-electron chi connectivity index (χ1n) is 11.4. The number of aliphatic hydroxyl groups is 1. The molecule has 1 aliphatic heterocycles. The minimum absolute atomic E-state index is 0.124. The van der Waals surface area contributed by atoms with Crippen LogP contribution in [0.15, 0.2) is 16.5 Å². The number of benzene rings is 1. The molecule has 0 bridgehead atoms. The third-order valence-electron chi connectivity index (χ3n) is 6.53. The van der Waals surface area contributed by atoms with Crippen molar-refractivity contribution in [3.63, 3.8) is 0 Å². The van der Waals surface area contributed by atoms with Gasteiger partial charge in [0, 0.05) is 57.2 Å². The Morgan fingerprint density at radius 3 is 2.61 bits per heavy atom. The summed E-state index contributed by atoms with van der Waals surface area (Å²) in [6, 6.07) is 4.35. The summed E-state index contributed by atoms with van der Waals surface area (Å²) in [4.78, 5) is 16.7. The number of hydrogen-bond donors (Lipinski definition) is 2. The Morgan fingerprint density at radius 2 is 2.00 bits per heavy atom. The van der Waals surface area contributed by atoms with E-state index in [1.807, 2.05) is 19.9 Å². The van der Waals surface area contributed by atoms with E-state index in [1.54, 1.807) is 11.8 Å². The number of aryl methyl sites for hydroxylation is 1. The number of halogens is 2. The van der Waals surface area contributed by atoms with Gasteiger partial charge in [-0.15, -0.1) is 5.10 Å². The van der Waals surface area contributed by atoms with Crippen LogP contribution in [0.4, 0.5) is 20.5 Å². The Morgan fingerprint density at radius 1 is 1.27 bits per heavy atom. The summed E-state index contributed by atoms with van der Waals surface area (Å²) in [5.41, 5.74) is 4.11. The van der Waals surface area contributed by atoms with E-state index >= 15 is 0 Å². The van der Waals surface area contributed by atoms with Crippen molar-refractivity contribution in [2.75, 3.05) is 31.5 Å². The predicted molar refractivity (Wildman–Crippen MR) is 118 cm³/mol. The van der Waals surface area contributed by atoms with Crippen LogP contribution in [0.5, 0.6) is 0 Å². The molecule has 10 heteroatoms. The molecule has 1 aliphatic carbocycles. The zero-order valence-corrected chi connectivity index (χ0v) is 19.3. The molecule has 2 fully saturated rings. The summed E-state index contributed by atoms with van der Waals surface area (Å²) in [7, 11) is 0. The molecule has 2 aliphatic rings. The van der Waals surface area contributed by atoms with Crippen LogP contribution in [0.3, 0.4) is 0 Å². The van der Waals surface area contributed by atoms with Crippen molar-refractivity contribution in [1.29, 1.82) is 0 Å². The molecule has 1 saturated heterocycles. The van der Waals surface area contributed by atoms with E-state index in [9.17, 15) is 18.7 Å². The number of piperazine rings is 1. The van der Waals surface area contributed by atoms with E-state index in [1.165, 1.54) is 0 Å². The third kappa shape index (κ3) is 5.50. The van der Waals surface area contributed by atoms with Crippen LogP contribution >= 0.6 is 0 Å². The highest BCUT2D eigenvalue weighted by Gasteiger charge is 2.43. The number of alkyl halides is 2. The first kappa shape index (κ1) is 23.6. The molecule has 180 valence electrons. The molecule has 8 nitrogen and oxygen atoms in total. The topological polar surface area (TPSA) is 94.7 Å². The number of nitrogens with one attached hydrogen (secondary N) is 1. The lowest BCUT2D eigenvalue weighted by Crippen LogP contribution is -2.49. The van der Waals surface area contributed by atoms with E-state index in [4.69, 9.17) is 4.42 Å². The van der Waals surface area contributed by atoms with Crippen molar-refractivity contribution in [2.45, 2.75) is 58.6 Å². The molecule has 4 rings (SSSR count). The van der Waals surface area contributed by atoms with Gasteiger partial charge in [0.1, 0.15) is 6.10 Å². The molecule has 2 atom stereocenters. The van der Waals surface area contributed by atoms with Crippen LogP contribution in [0.2, 0.25) is 0 Å². The smallest absolute Gasteiger partial charge is 0.320 e. The fourth-order valence-corrected chi connectivity index (χ4v) is 4.58. The molecule has 1 amide bonds. The maximum atomic E-state index is 13.5. The maximum Gasteiger partial charge on any atom is 0.320 e. The van der Waals surface area contributed by atoms with Crippen molar-refractivity contribution in [3.8, 4) is 0 Å². The summed E-state index contributed by atoms with van der Waals surface area (Å²) >= 11 is 0. The lowest BCUT2D eigenvalue weighted by atomic mass is 10.0. The number of aromatic nitrogens is 2. The van der Waals surface area contributed by atoms with E-state index in [-0.39, 0.29) is 37.1 Å². The Balaban J connectivity index is 1.37. The highest BCUT2D eigenvalue weighted by Crippen LogP contribution is 2.39. The molecule has 1 saturated carbocycles. The number of rotatable bonds is 6. The summed E-state index contributed by atoms with van der Waals surface area (Å²) in [5, 5.41) is 20.5. The van der Waals surface area contributed by atoms with Gasteiger partial charge in [0.05, 0.1) is 0 Å². The Bertz CT molecular complexity index is 1000. The molecular formula is C23H31F2N5O3. The molecule has 0 spiro atoms. The van der Waals surface area contributed by atoms with Gasteiger partial charge in [-0.1, -0.05) is 11.2 Å². The molecule has 33 heavy (non-hydrogen) atoms. The number of carbonyl (C=O) groups excluding carboxylic acids is 1. The molecule has 0 radical (unpaired) electrons. The van der Waals surface area contributed by atoms with Crippen LogP contribution in [0.25, 0.3) is 0 Å². The van der Waals surface area contributed by atoms with Crippen LogP contribution in [-0.2, 0) is 11.3 Å². The van der Waals surface area contributed by atoms with Gasteiger partial charge >= 0.3 is 6.01 Å². The second-order valence-electron chi connectivity index (χ2n) is 9.24. The van der Waals surface area contributed by atoms with Crippen molar-refractivity contribution >= 4 is 17.6 Å². The van der Waals surface area contributed by atoms with Crippen LogP contribution in [0.1, 0.15) is 54.9 Å². The lowest BCUT2D eigenvalue weighted by molar-refractivity contribution is -0.138. The maximum absolute atomic E-state index is 13.5. The Labute approximate surface area is 192 Å². The van der Waals surface area contributed by atoms with Crippen LogP contribution in [0, 0.1) is 19.8 Å². The quantitative estimate of drug-likeness (QED) is 0.676. The van der Waals surface area contributed by atoms with Crippen molar-refractivity contribution in [3.05, 3.63) is 34.7 Å². The first-order valence-corrected chi connectivity index (χ1v) is 11.4. The predicted octanol–water partition coefficient (Wildman–Crippen LogP) is 3.56. The van der Waals surface area contributed by atoms with Gasteiger partial charge in [-0.2, -0.15) is 0 Å². The monoisotopic (exact) mass is 463 g/mol. The highest BCUT2D eigenvalue weighted by atomic mass is 19.3. The lowest BCUT2D eigenvalue weighted by Gasteiger charge is -2.36. The molecule has 1 aromatic heterocycles. The number of carbonyl (C=O) groups is 1. The minimum Gasteiger partial charge on any atom is -0.405 e. The average Bonchev–Trinajstić information content (AvgIpc) is 3.38. The van der Waals surface area contributed by atoms with Crippen molar-refractivity contribution in [1.82, 2.24) is 20.0 Å². The standard InChI is InChI=1S/C23H31F2N5O3/c1-14-10-18(15(2)19(11-14)26-22-28-27-20(33-22)16(3)31)13-29-6-8-30(9-7-29)21(32)17-4-5-23(24,25)12-17/h10-11,16-17,31H,4-9,12-13H2,1-3H3,(H,26,28).